The van der Waals surface area contributed by atoms with Gasteiger partial charge in [0.25, 0.3) is 5.91 Å². The molecule has 0 aromatic heterocycles. The number of amides is 1. The highest BCUT2D eigenvalue weighted by molar-refractivity contribution is 5.95. The summed E-state index contributed by atoms with van der Waals surface area (Å²) in [4.78, 5) is 11.6. The van der Waals surface area contributed by atoms with Crippen LogP contribution in [0.25, 0.3) is 0 Å². The van der Waals surface area contributed by atoms with Gasteiger partial charge in [0.15, 0.2) is 0 Å². The predicted molar refractivity (Wildman–Crippen MR) is 88.5 cm³/mol. The molecule has 1 fully saturated rings. The Bertz CT molecular complexity index is 479. The predicted octanol–water partition coefficient (Wildman–Crippen LogP) is 3.26. The first kappa shape index (κ1) is 15.7. The van der Waals surface area contributed by atoms with Crippen LogP contribution in [-0.4, -0.2) is 19.5 Å². The first-order valence-corrected chi connectivity index (χ1v) is 7.99. The minimum atomic E-state index is -0.105. The van der Waals surface area contributed by atoms with Crippen molar-refractivity contribution in [1.29, 1.82) is 0 Å². The fourth-order valence-corrected chi connectivity index (χ4v) is 3.11. The molecular formula is C17H27N3O. The van der Waals surface area contributed by atoms with Gasteiger partial charge in [0.05, 0.1) is 11.4 Å². The Morgan fingerprint density at radius 3 is 2.48 bits per heavy atom. The van der Waals surface area contributed by atoms with Gasteiger partial charge in [0, 0.05) is 19.2 Å². The number of hydrogen-bond acceptors (Lipinski definition) is 3. The minimum Gasteiger partial charge on any atom is -0.397 e. The number of anilines is 2. The third kappa shape index (κ3) is 4.13. The summed E-state index contributed by atoms with van der Waals surface area (Å²) in [6.07, 6.45) is 6.64. The molecule has 0 radical (unpaired) electrons. The average Bonchev–Trinajstić information content (AvgIpc) is 2.53. The monoisotopic (exact) mass is 289 g/mol. The molecule has 0 aliphatic heterocycles. The normalized spacial score (nSPS) is 21.8. The Kier molecular flexibility index (Phi) is 5.48. The molecule has 1 aromatic rings. The van der Waals surface area contributed by atoms with Crippen molar-refractivity contribution in [3.63, 3.8) is 0 Å². The molecule has 2 rings (SSSR count). The SMILES string of the molecule is CCC1CCC(CNc2ccc(C(=O)NC)cc2N)CC1. The van der Waals surface area contributed by atoms with Crippen LogP contribution in [0, 0.1) is 11.8 Å². The van der Waals surface area contributed by atoms with Gasteiger partial charge >= 0.3 is 0 Å². The molecule has 0 saturated heterocycles. The molecule has 116 valence electrons. The van der Waals surface area contributed by atoms with E-state index >= 15 is 0 Å². The third-order valence-corrected chi connectivity index (χ3v) is 4.67. The summed E-state index contributed by atoms with van der Waals surface area (Å²) in [5, 5.41) is 6.05. The van der Waals surface area contributed by atoms with Crippen LogP contribution < -0.4 is 16.4 Å². The summed E-state index contributed by atoms with van der Waals surface area (Å²) < 4.78 is 0. The number of nitrogens with one attached hydrogen (secondary N) is 2. The van der Waals surface area contributed by atoms with Crippen LogP contribution in [-0.2, 0) is 0 Å². The number of rotatable bonds is 5. The van der Waals surface area contributed by atoms with Gasteiger partial charge in [-0.25, -0.2) is 0 Å². The second-order valence-corrected chi connectivity index (χ2v) is 6.06. The zero-order valence-corrected chi connectivity index (χ0v) is 13.1. The van der Waals surface area contributed by atoms with Crippen molar-refractivity contribution >= 4 is 17.3 Å². The quantitative estimate of drug-likeness (QED) is 0.729. The Labute approximate surface area is 127 Å². The Morgan fingerprint density at radius 2 is 1.90 bits per heavy atom. The van der Waals surface area contributed by atoms with E-state index in [1.807, 2.05) is 12.1 Å². The number of nitrogen functional groups attached to an aromatic ring is 1. The topological polar surface area (TPSA) is 67.2 Å². The molecule has 1 aliphatic carbocycles. The van der Waals surface area contributed by atoms with E-state index in [0.29, 0.717) is 11.3 Å². The van der Waals surface area contributed by atoms with Crippen LogP contribution in [0.3, 0.4) is 0 Å². The van der Waals surface area contributed by atoms with Crippen molar-refractivity contribution in [2.45, 2.75) is 39.0 Å². The van der Waals surface area contributed by atoms with E-state index in [0.717, 1.165) is 24.1 Å². The lowest BCUT2D eigenvalue weighted by Gasteiger charge is -2.28. The number of carbonyl (C=O) groups is 1. The fraction of sp³-hybridized carbons (Fsp3) is 0.588. The molecule has 0 heterocycles. The van der Waals surface area contributed by atoms with E-state index in [4.69, 9.17) is 5.73 Å². The molecule has 4 heteroatoms. The van der Waals surface area contributed by atoms with Gasteiger partial charge in [-0.2, -0.15) is 0 Å². The zero-order chi connectivity index (χ0) is 15.2. The molecule has 0 bridgehead atoms. The number of nitrogens with two attached hydrogens (primary N) is 1. The Hall–Kier alpha value is -1.71. The number of hydrogen-bond donors (Lipinski definition) is 3. The lowest BCUT2D eigenvalue weighted by molar-refractivity contribution is 0.0963. The summed E-state index contributed by atoms with van der Waals surface area (Å²) >= 11 is 0. The number of carbonyl (C=O) groups excluding carboxylic acids is 1. The van der Waals surface area contributed by atoms with Crippen LogP contribution in [0.1, 0.15) is 49.4 Å². The number of benzene rings is 1. The van der Waals surface area contributed by atoms with E-state index in [2.05, 4.69) is 17.6 Å². The molecule has 0 atom stereocenters. The molecular weight excluding hydrogens is 262 g/mol. The van der Waals surface area contributed by atoms with Gasteiger partial charge < -0.3 is 16.4 Å². The van der Waals surface area contributed by atoms with Crippen LogP contribution in [0.4, 0.5) is 11.4 Å². The van der Waals surface area contributed by atoms with E-state index in [1.54, 1.807) is 13.1 Å². The lowest BCUT2D eigenvalue weighted by Crippen LogP contribution is -2.21. The lowest BCUT2D eigenvalue weighted by atomic mass is 9.81. The first-order valence-electron chi connectivity index (χ1n) is 7.99. The van der Waals surface area contributed by atoms with Crippen molar-refractivity contribution in [2.75, 3.05) is 24.6 Å². The third-order valence-electron chi connectivity index (χ3n) is 4.67. The highest BCUT2D eigenvalue weighted by atomic mass is 16.1. The van der Waals surface area contributed by atoms with Crippen molar-refractivity contribution in [1.82, 2.24) is 5.32 Å². The highest BCUT2D eigenvalue weighted by Crippen LogP contribution is 2.31. The Morgan fingerprint density at radius 1 is 1.24 bits per heavy atom. The molecule has 1 aromatic carbocycles. The van der Waals surface area contributed by atoms with E-state index < -0.39 is 0 Å². The van der Waals surface area contributed by atoms with E-state index in [9.17, 15) is 4.79 Å². The standard InChI is InChI=1S/C17H27N3O/c1-3-12-4-6-13(7-5-12)11-20-16-9-8-14(10-15(16)18)17(21)19-2/h8-10,12-13,20H,3-7,11,18H2,1-2H3,(H,19,21). The van der Waals surface area contributed by atoms with Crippen LogP contribution in [0.5, 0.6) is 0 Å². The second kappa shape index (κ2) is 7.34. The smallest absolute Gasteiger partial charge is 0.251 e. The molecule has 4 nitrogen and oxygen atoms in total. The zero-order valence-electron chi connectivity index (χ0n) is 13.1. The summed E-state index contributed by atoms with van der Waals surface area (Å²) in [5.41, 5.74) is 8.20. The molecule has 21 heavy (non-hydrogen) atoms. The van der Waals surface area contributed by atoms with Gasteiger partial charge in [-0.15, -0.1) is 0 Å². The molecule has 1 aliphatic rings. The van der Waals surface area contributed by atoms with Crippen LogP contribution in [0.15, 0.2) is 18.2 Å². The minimum absolute atomic E-state index is 0.105. The largest absolute Gasteiger partial charge is 0.397 e. The first-order chi connectivity index (χ1) is 10.1. The summed E-state index contributed by atoms with van der Waals surface area (Å²) in [6, 6.07) is 5.44. The van der Waals surface area contributed by atoms with Gasteiger partial charge in [-0.1, -0.05) is 26.2 Å². The molecule has 0 spiro atoms. The van der Waals surface area contributed by atoms with Gasteiger partial charge in [0.1, 0.15) is 0 Å². The highest BCUT2D eigenvalue weighted by Gasteiger charge is 2.19. The van der Waals surface area contributed by atoms with Crippen LogP contribution in [0.2, 0.25) is 0 Å². The molecule has 1 saturated carbocycles. The maximum absolute atomic E-state index is 11.6. The Balaban J connectivity index is 1.87. The van der Waals surface area contributed by atoms with Gasteiger partial charge in [0.2, 0.25) is 0 Å². The van der Waals surface area contributed by atoms with Crippen molar-refractivity contribution in [2.24, 2.45) is 11.8 Å². The van der Waals surface area contributed by atoms with E-state index in [-0.39, 0.29) is 5.91 Å². The van der Waals surface area contributed by atoms with Gasteiger partial charge in [-0.05, 0) is 42.9 Å². The summed E-state index contributed by atoms with van der Waals surface area (Å²) in [7, 11) is 1.62. The average molecular weight is 289 g/mol. The summed E-state index contributed by atoms with van der Waals surface area (Å²) in [6.45, 7) is 3.26. The van der Waals surface area contributed by atoms with Gasteiger partial charge in [-0.3, -0.25) is 4.79 Å². The van der Waals surface area contributed by atoms with Crippen LogP contribution >= 0.6 is 0 Å². The second-order valence-electron chi connectivity index (χ2n) is 6.06. The molecule has 1 amide bonds. The summed E-state index contributed by atoms with van der Waals surface area (Å²) in [5.74, 6) is 1.56. The maximum Gasteiger partial charge on any atom is 0.251 e. The molecule has 0 unspecified atom stereocenters. The van der Waals surface area contributed by atoms with Crippen molar-refractivity contribution < 1.29 is 4.79 Å². The van der Waals surface area contributed by atoms with Crippen molar-refractivity contribution in [3.05, 3.63) is 23.8 Å². The van der Waals surface area contributed by atoms with E-state index in [1.165, 1.54) is 32.1 Å². The fourth-order valence-electron chi connectivity index (χ4n) is 3.11. The van der Waals surface area contributed by atoms with Crippen molar-refractivity contribution in [3.8, 4) is 0 Å². The maximum atomic E-state index is 11.6. The molecule has 4 N–H and O–H groups in total.